The van der Waals surface area contributed by atoms with Crippen LogP contribution in [0.2, 0.25) is 0 Å². The highest BCUT2D eigenvalue weighted by Crippen LogP contribution is 2.27. The van der Waals surface area contributed by atoms with Gasteiger partial charge in [-0.2, -0.15) is 0 Å². The maximum atomic E-state index is 2.42. The number of rotatable bonds is 3. The predicted molar refractivity (Wildman–Crippen MR) is 173 cm³/mol. The van der Waals surface area contributed by atoms with Crippen molar-refractivity contribution in [2.45, 2.75) is 6.42 Å². The number of hydrogen-bond acceptors (Lipinski definition) is 0. The maximum Gasteiger partial charge on any atom is 0.243 e. The van der Waals surface area contributed by atoms with Gasteiger partial charge in [-0.05, 0) is 61.3 Å². The lowest BCUT2D eigenvalue weighted by atomic mass is 9.32. The van der Waals surface area contributed by atoms with E-state index in [0.29, 0.717) is 0 Å². The van der Waals surface area contributed by atoms with Crippen LogP contribution in [0.5, 0.6) is 0 Å². The van der Waals surface area contributed by atoms with Gasteiger partial charge in [0.25, 0.3) is 0 Å². The number of hydrogen-bond donors (Lipinski definition) is 0. The van der Waals surface area contributed by atoms with Crippen LogP contribution in [0.4, 0.5) is 0 Å². The molecule has 0 amide bonds. The van der Waals surface area contributed by atoms with Gasteiger partial charge in [-0.25, -0.2) is 0 Å². The zero-order valence-corrected chi connectivity index (χ0v) is 22.2. The van der Waals surface area contributed by atoms with E-state index in [9.17, 15) is 0 Å². The third-order valence-electron chi connectivity index (χ3n) is 8.63. The maximum absolute atomic E-state index is 2.42. The smallest absolute Gasteiger partial charge is 0.0680 e. The van der Waals surface area contributed by atoms with E-state index in [1.54, 1.807) is 0 Å². The summed E-state index contributed by atoms with van der Waals surface area (Å²) in [6.45, 7) is 0.166. The highest BCUT2D eigenvalue weighted by molar-refractivity contribution is 6.99. The average molecular weight is 506 g/mol. The minimum Gasteiger partial charge on any atom is -0.0680 e. The van der Waals surface area contributed by atoms with E-state index in [1.165, 1.54) is 71.3 Å². The molecule has 1 aliphatic rings. The monoisotopic (exact) mass is 506 g/mol. The summed E-state index contributed by atoms with van der Waals surface area (Å²) >= 11 is 0. The fraction of sp³-hybridized carbons (Fsp3) is 0.0256. The van der Waals surface area contributed by atoms with Crippen molar-refractivity contribution in [2.75, 3.05) is 0 Å². The van der Waals surface area contributed by atoms with Crippen molar-refractivity contribution in [2.24, 2.45) is 0 Å². The van der Waals surface area contributed by atoms with Gasteiger partial charge in [0.1, 0.15) is 0 Å². The van der Waals surface area contributed by atoms with Crippen LogP contribution in [0, 0.1) is 0 Å². The Balaban J connectivity index is 1.33. The molecule has 40 heavy (non-hydrogen) atoms. The van der Waals surface area contributed by atoms with Gasteiger partial charge >= 0.3 is 0 Å². The molecule has 1 heterocycles. The van der Waals surface area contributed by atoms with Crippen LogP contribution < -0.4 is 16.4 Å². The van der Waals surface area contributed by atoms with Crippen LogP contribution in [0.25, 0.3) is 43.8 Å². The van der Waals surface area contributed by atoms with Gasteiger partial charge in [0.2, 0.25) is 6.71 Å². The highest BCUT2D eigenvalue weighted by atomic mass is 14.2. The van der Waals surface area contributed by atoms with Crippen molar-refractivity contribution < 1.29 is 0 Å². The zero-order chi connectivity index (χ0) is 26.5. The standard InChI is InChI=1S/C39H27B/c1-2-9-27(10-3-1)28-17-19-29(20-18-28)32-13-8-14-35(26-32)40-38-33(23-21-30-11-4-6-15-36(30)38)25-34-24-22-31-12-5-7-16-37(31)39(34)40/h1-24,26H,25H2. The van der Waals surface area contributed by atoms with E-state index in [2.05, 4.69) is 152 Å². The molecule has 0 saturated carbocycles. The van der Waals surface area contributed by atoms with Crippen LogP contribution in [-0.2, 0) is 6.42 Å². The Hall–Kier alpha value is -4.88. The summed E-state index contributed by atoms with van der Waals surface area (Å²) in [7, 11) is 0. The van der Waals surface area contributed by atoms with Crippen molar-refractivity contribution in [1.29, 1.82) is 0 Å². The van der Waals surface area contributed by atoms with Gasteiger partial charge in [0.05, 0.1) is 0 Å². The van der Waals surface area contributed by atoms with E-state index in [0.717, 1.165) is 6.42 Å². The minimum absolute atomic E-state index is 0.166. The van der Waals surface area contributed by atoms with Crippen molar-refractivity contribution in [3.05, 3.63) is 163 Å². The lowest BCUT2D eigenvalue weighted by molar-refractivity contribution is 1.22. The second-order valence-corrected chi connectivity index (χ2v) is 10.9. The molecular weight excluding hydrogens is 479 g/mol. The summed E-state index contributed by atoms with van der Waals surface area (Å²) in [5.74, 6) is 0. The summed E-state index contributed by atoms with van der Waals surface area (Å²) < 4.78 is 0. The molecule has 0 bridgehead atoms. The molecule has 1 heteroatoms. The SMILES string of the molecule is c1ccc(-c2ccc(-c3cccc(B4c5c(ccc6ccccc56)Cc5ccc6ccccc6c54)c3)cc2)cc1. The van der Waals surface area contributed by atoms with Crippen molar-refractivity contribution in [3.8, 4) is 22.3 Å². The molecule has 0 nitrogen and oxygen atoms in total. The third-order valence-corrected chi connectivity index (χ3v) is 8.63. The predicted octanol–water partition coefficient (Wildman–Crippen LogP) is 7.75. The molecule has 0 unspecified atom stereocenters. The Labute approximate surface area is 235 Å². The lowest BCUT2D eigenvalue weighted by Gasteiger charge is -2.30. The lowest BCUT2D eigenvalue weighted by Crippen LogP contribution is -2.57. The first-order valence-electron chi connectivity index (χ1n) is 14.1. The quantitative estimate of drug-likeness (QED) is 0.215. The summed E-state index contributed by atoms with van der Waals surface area (Å²) in [5.41, 5.74) is 12.1. The van der Waals surface area contributed by atoms with Gasteiger partial charge < -0.3 is 0 Å². The molecule has 0 atom stereocenters. The summed E-state index contributed by atoms with van der Waals surface area (Å²) in [5, 5.41) is 5.34. The molecule has 1 aliphatic heterocycles. The molecule has 7 aromatic carbocycles. The molecule has 8 rings (SSSR count). The van der Waals surface area contributed by atoms with Crippen molar-refractivity contribution in [3.63, 3.8) is 0 Å². The molecule has 0 saturated heterocycles. The van der Waals surface area contributed by atoms with Gasteiger partial charge in [0, 0.05) is 0 Å². The second kappa shape index (κ2) is 9.40. The molecule has 186 valence electrons. The van der Waals surface area contributed by atoms with Crippen molar-refractivity contribution in [1.82, 2.24) is 0 Å². The first-order valence-corrected chi connectivity index (χ1v) is 14.1. The van der Waals surface area contributed by atoms with Crippen LogP contribution in [-0.4, -0.2) is 6.71 Å². The Bertz CT molecular complexity index is 1930. The number of fused-ring (bicyclic) bond motifs is 6. The molecule has 0 fully saturated rings. The Kier molecular flexibility index (Phi) is 5.42. The Morgan fingerprint density at radius 1 is 0.375 bits per heavy atom. The van der Waals surface area contributed by atoms with Crippen LogP contribution >= 0.6 is 0 Å². The molecule has 0 spiro atoms. The van der Waals surface area contributed by atoms with E-state index in [4.69, 9.17) is 0 Å². The fourth-order valence-electron chi connectivity index (χ4n) is 6.74. The summed E-state index contributed by atoms with van der Waals surface area (Å²) in [6, 6.07) is 55.9. The first kappa shape index (κ1) is 23.1. The van der Waals surface area contributed by atoms with Crippen LogP contribution in [0.1, 0.15) is 11.1 Å². The Morgan fingerprint density at radius 2 is 0.875 bits per heavy atom. The third kappa shape index (κ3) is 3.78. The zero-order valence-electron chi connectivity index (χ0n) is 22.2. The highest BCUT2D eigenvalue weighted by Gasteiger charge is 2.33. The molecule has 0 radical (unpaired) electrons. The van der Waals surface area contributed by atoms with Crippen LogP contribution in [0.15, 0.2) is 152 Å². The number of benzene rings is 7. The summed E-state index contributed by atoms with van der Waals surface area (Å²) in [4.78, 5) is 0. The average Bonchev–Trinajstić information content (AvgIpc) is 3.04. The Morgan fingerprint density at radius 3 is 1.50 bits per heavy atom. The minimum atomic E-state index is 0.166. The van der Waals surface area contributed by atoms with E-state index in [-0.39, 0.29) is 6.71 Å². The van der Waals surface area contributed by atoms with Gasteiger partial charge in [-0.3, -0.25) is 0 Å². The molecule has 7 aromatic rings. The van der Waals surface area contributed by atoms with Crippen molar-refractivity contribution >= 4 is 44.6 Å². The first-order chi connectivity index (χ1) is 19.8. The molecule has 0 aromatic heterocycles. The molecular formula is C39H27B. The van der Waals surface area contributed by atoms with E-state index >= 15 is 0 Å². The van der Waals surface area contributed by atoms with Gasteiger partial charge in [-0.15, -0.1) is 0 Å². The topological polar surface area (TPSA) is 0 Å². The second-order valence-electron chi connectivity index (χ2n) is 10.9. The van der Waals surface area contributed by atoms with Crippen LogP contribution in [0.3, 0.4) is 0 Å². The van der Waals surface area contributed by atoms with Gasteiger partial charge in [-0.1, -0.05) is 168 Å². The fourth-order valence-corrected chi connectivity index (χ4v) is 6.74. The summed E-state index contributed by atoms with van der Waals surface area (Å²) in [6.07, 6.45) is 0.970. The largest absolute Gasteiger partial charge is 0.243 e. The normalized spacial score (nSPS) is 12.3. The molecule has 0 N–H and O–H groups in total. The molecule has 0 aliphatic carbocycles. The van der Waals surface area contributed by atoms with E-state index < -0.39 is 0 Å². The van der Waals surface area contributed by atoms with E-state index in [1.807, 2.05) is 0 Å². The van der Waals surface area contributed by atoms with Gasteiger partial charge in [0.15, 0.2) is 0 Å².